The molecule has 1 saturated carbocycles. The highest BCUT2D eigenvalue weighted by Crippen LogP contribution is 2.47. The quantitative estimate of drug-likeness (QED) is 0.729. The van der Waals surface area contributed by atoms with Crippen molar-refractivity contribution in [3.8, 4) is 0 Å². The van der Waals surface area contributed by atoms with Crippen LogP contribution in [-0.2, 0) is 10.4 Å². The molecule has 1 heterocycles. The molecule has 0 unspecified atom stereocenters. The van der Waals surface area contributed by atoms with Crippen molar-refractivity contribution in [1.29, 1.82) is 0 Å². The maximum Gasteiger partial charge on any atom is 0.227 e. The molecule has 1 aromatic heterocycles. The Morgan fingerprint density at radius 3 is 2.56 bits per heavy atom. The first kappa shape index (κ1) is 19.6. The monoisotopic (exact) mass is 369 g/mol. The molecule has 0 aliphatic heterocycles. The van der Waals surface area contributed by atoms with Crippen molar-refractivity contribution in [3.05, 3.63) is 30.3 Å². The molecule has 146 valence electrons. The van der Waals surface area contributed by atoms with E-state index >= 15 is 0 Å². The highest BCUT2D eigenvalue weighted by molar-refractivity contribution is 5.93. The summed E-state index contributed by atoms with van der Waals surface area (Å²) in [5.74, 6) is 1.12. The minimum atomic E-state index is -0.950. The summed E-state index contributed by atoms with van der Waals surface area (Å²) in [4.78, 5) is 17.3. The molecule has 1 aromatic carbocycles. The van der Waals surface area contributed by atoms with E-state index in [9.17, 15) is 9.90 Å². The SMILES string of the molecule is C=C(CC)n1c(NC(=O)CC(C)(C)C2CC2)nc2ccc(C(C)(C)O)cc21. The fourth-order valence-electron chi connectivity index (χ4n) is 3.61. The Labute approximate surface area is 161 Å². The van der Waals surface area contributed by atoms with Crippen LogP contribution in [0.15, 0.2) is 24.8 Å². The molecule has 0 spiro atoms. The van der Waals surface area contributed by atoms with E-state index in [0.29, 0.717) is 18.3 Å². The number of anilines is 1. The molecular formula is C22H31N3O2. The predicted molar refractivity (Wildman–Crippen MR) is 110 cm³/mol. The zero-order valence-electron chi connectivity index (χ0n) is 17.1. The number of rotatable bonds is 7. The molecule has 1 amide bonds. The highest BCUT2D eigenvalue weighted by Gasteiger charge is 2.39. The third-order valence-corrected chi connectivity index (χ3v) is 5.64. The highest BCUT2D eigenvalue weighted by atomic mass is 16.3. The van der Waals surface area contributed by atoms with Crippen molar-refractivity contribution in [1.82, 2.24) is 9.55 Å². The van der Waals surface area contributed by atoms with Crippen molar-refractivity contribution in [2.75, 3.05) is 5.32 Å². The van der Waals surface area contributed by atoms with Crippen LogP contribution in [0.2, 0.25) is 0 Å². The van der Waals surface area contributed by atoms with Crippen LogP contribution in [0.3, 0.4) is 0 Å². The molecule has 5 nitrogen and oxygen atoms in total. The number of hydrogen-bond acceptors (Lipinski definition) is 3. The van der Waals surface area contributed by atoms with Crippen molar-refractivity contribution in [2.24, 2.45) is 11.3 Å². The van der Waals surface area contributed by atoms with E-state index in [4.69, 9.17) is 0 Å². The van der Waals surface area contributed by atoms with Crippen molar-refractivity contribution < 1.29 is 9.90 Å². The van der Waals surface area contributed by atoms with Gasteiger partial charge < -0.3 is 5.11 Å². The number of amides is 1. The Kier molecular flexibility index (Phi) is 4.93. The number of nitrogens with one attached hydrogen (secondary N) is 1. The molecule has 5 heteroatoms. The molecule has 27 heavy (non-hydrogen) atoms. The lowest BCUT2D eigenvalue weighted by atomic mass is 9.83. The van der Waals surface area contributed by atoms with Crippen LogP contribution in [0, 0.1) is 11.3 Å². The average Bonchev–Trinajstić information content (AvgIpc) is 3.35. The molecule has 0 bridgehead atoms. The maximum absolute atomic E-state index is 12.7. The van der Waals surface area contributed by atoms with Gasteiger partial charge in [0.1, 0.15) is 0 Å². The van der Waals surface area contributed by atoms with E-state index in [2.05, 4.69) is 30.7 Å². The number of carbonyl (C=O) groups is 1. The first-order valence-corrected chi connectivity index (χ1v) is 9.76. The number of aliphatic hydroxyl groups is 1. The number of benzene rings is 1. The smallest absolute Gasteiger partial charge is 0.227 e. The Morgan fingerprint density at radius 2 is 2.00 bits per heavy atom. The van der Waals surface area contributed by atoms with E-state index in [1.165, 1.54) is 12.8 Å². The first-order valence-electron chi connectivity index (χ1n) is 9.76. The van der Waals surface area contributed by atoms with Gasteiger partial charge in [0.25, 0.3) is 0 Å². The van der Waals surface area contributed by atoms with Gasteiger partial charge in [-0.1, -0.05) is 33.4 Å². The minimum absolute atomic E-state index is 0.0107. The van der Waals surface area contributed by atoms with Gasteiger partial charge in [-0.05, 0) is 62.1 Å². The zero-order chi connectivity index (χ0) is 20.0. The molecule has 1 fully saturated rings. The Bertz CT molecular complexity index is 883. The van der Waals surface area contributed by atoms with Gasteiger partial charge in [0.05, 0.1) is 16.6 Å². The summed E-state index contributed by atoms with van der Waals surface area (Å²) >= 11 is 0. The van der Waals surface area contributed by atoms with E-state index in [0.717, 1.165) is 28.7 Å². The Balaban J connectivity index is 1.96. The van der Waals surface area contributed by atoms with Gasteiger partial charge in [-0.3, -0.25) is 14.7 Å². The Morgan fingerprint density at radius 1 is 1.33 bits per heavy atom. The van der Waals surface area contributed by atoms with E-state index in [1.54, 1.807) is 13.8 Å². The van der Waals surface area contributed by atoms with Gasteiger partial charge in [-0.2, -0.15) is 0 Å². The summed E-state index contributed by atoms with van der Waals surface area (Å²) in [5, 5.41) is 13.4. The van der Waals surface area contributed by atoms with Crippen molar-refractivity contribution >= 4 is 28.6 Å². The molecule has 1 aliphatic rings. The molecule has 0 atom stereocenters. The summed E-state index contributed by atoms with van der Waals surface area (Å²) in [6, 6.07) is 5.68. The number of fused-ring (bicyclic) bond motifs is 1. The molecule has 0 saturated heterocycles. The molecular weight excluding hydrogens is 338 g/mol. The van der Waals surface area contributed by atoms with Crippen LogP contribution in [-0.4, -0.2) is 20.6 Å². The number of hydrogen-bond donors (Lipinski definition) is 2. The second-order valence-electron chi connectivity index (χ2n) is 8.94. The zero-order valence-corrected chi connectivity index (χ0v) is 17.1. The number of carbonyl (C=O) groups excluding carboxylic acids is 1. The topological polar surface area (TPSA) is 67.2 Å². The number of imidazole rings is 1. The third kappa shape index (κ3) is 4.08. The van der Waals surface area contributed by atoms with Crippen molar-refractivity contribution in [3.63, 3.8) is 0 Å². The van der Waals surface area contributed by atoms with E-state index < -0.39 is 5.60 Å². The summed E-state index contributed by atoms with van der Waals surface area (Å²) in [6.45, 7) is 14.0. The molecule has 2 N–H and O–H groups in total. The predicted octanol–water partition coefficient (Wildman–Crippen LogP) is 4.91. The van der Waals surface area contributed by atoms with E-state index in [1.807, 2.05) is 29.7 Å². The van der Waals surface area contributed by atoms with Crippen LogP contribution in [0.4, 0.5) is 5.95 Å². The van der Waals surface area contributed by atoms with Gasteiger partial charge in [-0.25, -0.2) is 4.98 Å². The fourth-order valence-corrected chi connectivity index (χ4v) is 3.61. The molecule has 1 aliphatic carbocycles. The molecule has 0 radical (unpaired) electrons. The third-order valence-electron chi connectivity index (χ3n) is 5.64. The summed E-state index contributed by atoms with van der Waals surface area (Å²) < 4.78 is 1.90. The first-order chi connectivity index (χ1) is 12.5. The van der Waals surface area contributed by atoms with Crippen molar-refractivity contribution in [2.45, 2.75) is 65.9 Å². The van der Waals surface area contributed by atoms with Crippen LogP contribution in [0.25, 0.3) is 16.7 Å². The summed E-state index contributed by atoms with van der Waals surface area (Å²) in [7, 11) is 0. The van der Waals surface area contributed by atoms with Crippen LogP contribution >= 0.6 is 0 Å². The lowest BCUT2D eigenvalue weighted by molar-refractivity contribution is -0.118. The Hall–Kier alpha value is -2.14. The number of aromatic nitrogens is 2. The maximum atomic E-state index is 12.7. The lowest BCUT2D eigenvalue weighted by Gasteiger charge is -2.23. The van der Waals surface area contributed by atoms with Gasteiger partial charge in [0, 0.05) is 12.1 Å². The summed E-state index contributed by atoms with van der Waals surface area (Å²) in [6.07, 6.45) is 3.64. The summed E-state index contributed by atoms with van der Waals surface area (Å²) in [5.41, 5.74) is 2.33. The average molecular weight is 370 g/mol. The lowest BCUT2D eigenvalue weighted by Crippen LogP contribution is -2.25. The second kappa shape index (κ2) is 6.79. The standard InChI is InChI=1S/C22H31N3O2/c1-7-14(2)25-18-12-16(22(5,6)27)10-11-17(18)23-20(25)24-19(26)13-21(3,4)15-8-9-15/h10-12,15,27H,2,7-9,13H2,1,3-6H3,(H,23,24,26). The largest absolute Gasteiger partial charge is 0.386 e. The minimum Gasteiger partial charge on any atom is -0.386 e. The normalized spacial score (nSPS) is 15.2. The number of allylic oxidation sites excluding steroid dienone is 1. The van der Waals surface area contributed by atoms with Crippen LogP contribution < -0.4 is 5.32 Å². The van der Waals surface area contributed by atoms with Gasteiger partial charge in [0.15, 0.2) is 0 Å². The fraction of sp³-hybridized carbons (Fsp3) is 0.545. The van der Waals surface area contributed by atoms with Gasteiger partial charge in [-0.15, -0.1) is 0 Å². The van der Waals surface area contributed by atoms with Crippen LogP contribution in [0.5, 0.6) is 0 Å². The van der Waals surface area contributed by atoms with Gasteiger partial charge >= 0.3 is 0 Å². The molecule has 2 aromatic rings. The van der Waals surface area contributed by atoms with Gasteiger partial charge in [0.2, 0.25) is 11.9 Å². The number of nitrogens with zero attached hydrogens (tertiary/aromatic N) is 2. The second-order valence-corrected chi connectivity index (χ2v) is 8.94. The molecule has 3 rings (SSSR count). The van der Waals surface area contributed by atoms with Crippen LogP contribution in [0.1, 0.15) is 65.9 Å². The van der Waals surface area contributed by atoms with E-state index in [-0.39, 0.29) is 11.3 Å².